The zero-order chi connectivity index (χ0) is 17.1. The Kier molecular flexibility index (Phi) is 5.32. The van der Waals surface area contributed by atoms with Crippen LogP contribution in [0.2, 0.25) is 5.02 Å². The van der Waals surface area contributed by atoms with Gasteiger partial charge in [-0.25, -0.2) is 0 Å². The number of benzene rings is 2. The van der Waals surface area contributed by atoms with Crippen LogP contribution >= 0.6 is 11.6 Å². The lowest BCUT2D eigenvalue weighted by molar-refractivity contribution is -0.122. The van der Waals surface area contributed by atoms with Crippen molar-refractivity contribution in [2.24, 2.45) is 0 Å². The van der Waals surface area contributed by atoms with Crippen molar-refractivity contribution in [3.05, 3.63) is 57.6 Å². The van der Waals surface area contributed by atoms with Gasteiger partial charge >= 0.3 is 0 Å². The van der Waals surface area contributed by atoms with Crippen LogP contribution in [-0.4, -0.2) is 12.0 Å². The molecule has 23 heavy (non-hydrogen) atoms. The smallest absolute Gasteiger partial charge is 0.265 e. The number of nitrogens with one attached hydrogen (secondary N) is 1. The molecule has 0 heterocycles. The number of carbonyl (C=O) groups excluding carboxylic acids is 1. The molecule has 0 saturated carbocycles. The largest absolute Gasteiger partial charge is 0.481 e. The number of anilines is 1. The standard InChI is InChI=1S/C19H22ClNO2/c1-11-7-6-8-17(14(11)4)21-19(22)15(5)23-16-9-12(2)18(20)13(3)10-16/h6-10,15H,1-5H3,(H,21,22). The maximum Gasteiger partial charge on any atom is 0.265 e. The van der Waals surface area contributed by atoms with E-state index in [0.29, 0.717) is 5.75 Å². The first-order chi connectivity index (χ1) is 10.8. The third kappa shape index (κ3) is 4.05. The van der Waals surface area contributed by atoms with Gasteiger partial charge in [-0.15, -0.1) is 0 Å². The minimum atomic E-state index is -0.602. The van der Waals surface area contributed by atoms with Gasteiger partial charge in [0.25, 0.3) is 5.91 Å². The first-order valence-corrected chi connectivity index (χ1v) is 7.98. The van der Waals surface area contributed by atoms with E-state index in [0.717, 1.165) is 33.0 Å². The summed E-state index contributed by atoms with van der Waals surface area (Å²) in [7, 11) is 0. The highest BCUT2D eigenvalue weighted by Gasteiger charge is 2.17. The summed E-state index contributed by atoms with van der Waals surface area (Å²) in [5, 5.41) is 3.65. The molecule has 0 fully saturated rings. The summed E-state index contributed by atoms with van der Waals surface area (Å²) in [5.41, 5.74) is 4.88. The third-order valence-corrected chi connectivity index (χ3v) is 4.55. The van der Waals surface area contributed by atoms with Gasteiger partial charge in [0.15, 0.2) is 6.10 Å². The van der Waals surface area contributed by atoms with E-state index in [2.05, 4.69) is 5.32 Å². The molecule has 0 radical (unpaired) electrons. The average molecular weight is 332 g/mol. The van der Waals surface area contributed by atoms with Gasteiger partial charge in [-0.2, -0.15) is 0 Å². The van der Waals surface area contributed by atoms with Crippen molar-refractivity contribution in [3.63, 3.8) is 0 Å². The van der Waals surface area contributed by atoms with Gasteiger partial charge in [-0.3, -0.25) is 4.79 Å². The van der Waals surface area contributed by atoms with Gasteiger partial charge in [-0.1, -0.05) is 23.7 Å². The normalized spacial score (nSPS) is 11.9. The fourth-order valence-electron chi connectivity index (χ4n) is 2.35. The third-order valence-electron chi connectivity index (χ3n) is 3.95. The van der Waals surface area contributed by atoms with Crippen molar-refractivity contribution in [2.75, 3.05) is 5.32 Å². The Morgan fingerprint density at radius 1 is 1.09 bits per heavy atom. The lowest BCUT2D eigenvalue weighted by Gasteiger charge is -2.17. The summed E-state index contributed by atoms with van der Waals surface area (Å²) < 4.78 is 5.76. The molecule has 0 aromatic heterocycles. The van der Waals surface area contributed by atoms with Crippen molar-refractivity contribution in [1.29, 1.82) is 0 Å². The number of rotatable bonds is 4. The predicted octanol–water partition coefficient (Wildman–Crippen LogP) is 4.98. The Bertz CT molecular complexity index is 717. The van der Waals surface area contributed by atoms with E-state index in [9.17, 15) is 4.79 Å². The Hall–Kier alpha value is -2.00. The molecule has 2 rings (SSSR count). The summed E-state index contributed by atoms with van der Waals surface area (Å²) in [5.74, 6) is 0.469. The van der Waals surface area contributed by atoms with Crippen molar-refractivity contribution in [1.82, 2.24) is 0 Å². The minimum absolute atomic E-state index is 0.177. The molecule has 0 spiro atoms. The second kappa shape index (κ2) is 7.05. The van der Waals surface area contributed by atoms with E-state index < -0.39 is 6.10 Å². The Morgan fingerprint density at radius 3 is 2.30 bits per heavy atom. The van der Waals surface area contributed by atoms with E-state index in [1.54, 1.807) is 6.92 Å². The van der Waals surface area contributed by atoms with Crippen LogP contribution in [0.25, 0.3) is 0 Å². The van der Waals surface area contributed by atoms with E-state index in [1.807, 2.05) is 58.0 Å². The van der Waals surface area contributed by atoms with Crippen LogP contribution in [0.5, 0.6) is 5.75 Å². The molecule has 4 heteroatoms. The summed E-state index contributed by atoms with van der Waals surface area (Å²) in [6, 6.07) is 9.52. The van der Waals surface area contributed by atoms with Gasteiger partial charge < -0.3 is 10.1 Å². The molecule has 0 aliphatic carbocycles. The van der Waals surface area contributed by atoms with Crippen LogP contribution in [0.1, 0.15) is 29.2 Å². The topological polar surface area (TPSA) is 38.3 Å². The highest BCUT2D eigenvalue weighted by molar-refractivity contribution is 6.32. The maximum absolute atomic E-state index is 12.4. The molecule has 0 bridgehead atoms. The number of amides is 1. The van der Waals surface area contributed by atoms with Gasteiger partial charge in [0.05, 0.1) is 0 Å². The first-order valence-electron chi connectivity index (χ1n) is 7.60. The lowest BCUT2D eigenvalue weighted by atomic mass is 10.1. The quantitative estimate of drug-likeness (QED) is 0.858. The van der Waals surface area contributed by atoms with Gasteiger partial charge in [-0.05, 0) is 75.1 Å². The Morgan fingerprint density at radius 2 is 1.70 bits per heavy atom. The van der Waals surface area contributed by atoms with Crippen molar-refractivity contribution < 1.29 is 9.53 Å². The molecule has 0 saturated heterocycles. The van der Waals surface area contributed by atoms with Crippen LogP contribution in [-0.2, 0) is 4.79 Å². The first kappa shape index (κ1) is 17.4. The average Bonchev–Trinajstić information content (AvgIpc) is 2.49. The SMILES string of the molecule is Cc1cccc(NC(=O)C(C)Oc2cc(C)c(Cl)c(C)c2)c1C. The lowest BCUT2D eigenvalue weighted by Crippen LogP contribution is -2.30. The monoisotopic (exact) mass is 331 g/mol. The molecule has 3 nitrogen and oxygen atoms in total. The van der Waals surface area contributed by atoms with Gasteiger partial charge in [0, 0.05) is 10.7 Å². The Labute approximate surface area is 142 Å². The number of ether oxygens (including phenoxy) is 1. The highest BCUT2D eigenvalue weighted by atomic mass is 35.5. The number of carbonyl (C=O) groups is 1. The zero-order valence-electron chi connectivity index (χ0n) is 14.2. The van der Waals surface area contributed by atoms with Crippen LogP contribution < -0.4 is 10.1 Å². The highest BCUT2D eigenvalue weighted by Crippen LogP contribution is 2.26. The molecular formula is C19H22ClNO2. The van der Waals surface area contributed by atoms with Crippen molar-refractivity contribution in [3.8, 4) is 5.75 Å². The molecule has 2 aromatic carbocycles. The van der Waals surface area contributed by atoms with Gasteiger partial charge in [0.1, 0.15) is 5.75 Å². The van der Waals surface area contributed by atoms with Crippen LogP contribution in [0, 0.1) is 27.7 Å². The van der Waals surface area contributed by atoms with Crippen molar-refractivity contribution >= 4 is 23.2 Å². The summed E-state index contributed by atoms with van der Waals surface area (Å²) in [6.07, 6.45) is -0.602. The minimum Gasteiger partial charge on any atom is -0.481 e. The predicted molar refractivity (Wildman–Crippen MR) is 95.6 cm³/mol. The number of halogens is 1. The molecule has 0 aliphatic heterocycles. The fourth-order valence-corrected chi connectivity index (χ4v) is 2.46. The van der Waals surface area contributed by atoms with Gasteiger partial charge in [0.2, 0.25) is 0 Å². The molecule has 0 aliphatic rings. The molecule has 1 amide bonds. The van der Waals surface area contributed by atoms with E-state index in [-0.39, 0.29) is 5.91 Å². The fraction of sp³-hybridized carbons (Fsp3) is 0.316. The van der Waals surface area contributed by atoms with Crippen LogP contribution in [0.15, 0.2) is 30.3 Å². The van der Waals surface area contributed by atoms with E-state index in [4.69, 9.17) is 16.3 Å². The van der Waals surface area contributed by atoms with Crippen molar-refractivity contribution in [2.45, 2.75) is 40.7 Å². The maximum atomic E-state index is 12.4. The molecule has 2 aromatic rings. The van der Waals surface area contributed by atoms with E-state index in [1.165, 1.54) is 0 Å². The summed E-state index contributed by atoms with van der Waals surface area (Å²) in [4.78, 5) is 12.4. The molecule has 122 valence electrons. The van der Waals surface area contributed by atoms with Crippen LogP contribution in [0.4, 0.5) is 5.69 Å². The summed E-state index contributed by atoms with van der Waals surface area (Å²) in [6.45, 7) is 9.58. The second-order valence-corrected chi connectivity index (χ2v) is 6.25. The van der Waals surface area contributed by atoms with Crippen LogP contribution in [0.3, 0.4) is 0 Å². The number of hydrogen-bond acceptors (Lipinski definition) is 2. The molecule has 1 unspecified atom stereocenters. The molecular weight excluding hydrogens is 310 g/mol. The molecule has 1 N–H and O–H groups in total. The second-order valence-electron chi connectivity index (χ2n) is 5.87. The number of hydrogen-bond donors (Lipinski definition) is 1. The Balaban J connectivity index is 2.10. The summed E-state index contributed by atoms with van der Waals surface area (Å²) >= 11 is 6.15. The number of aryl methyl sites for hydroxylation is 3. The molecule has 1 atom stereocenters. The van der Waals surface area contributed by atoms with E-state index >= 15 is 0 Å². The zero-order valence-corrected chi connectivity index (χ0v) is 14.9.